The molecule has 0 saturated heterocycles. The Kier molecular flexibility index (Phi) is 5.21. The van der Waals surface area contributed by atoms with Crippen molar-refractivity contribution in [2.45, 2.75) is 45.6 Å². The third-order valence-corrected chi connectivity index (χ3v) is 3.21. The number of aryl methyl sites for hydroxylation is 1. The molecular formula is C14H21N3O3. The van der Waals surface area contributed by atoms with E-state index < -0.39 is 10.5 Å². The van der Waals surface area contributed by atoms with Crippen LogP contribution in [0.25, 0.3) is 0 Å². The van der Waals surface area contributed by atoms with Crippen LogP contribution < -0.4 is 11.1 Å². The summed E-state index contributed by atoms with van der Waals surface area (Å²) < 4.78 is 0. The van der Waals surface area contributed by atoms with Gasteiger partial charge in [0.25, 0.3) is 5.69 Å². The lowest BCUT2D eigenvalue weighted by molar-refractivity contribution is -0.385. The molecule has 1 unspecified atom stereocenters. The van der Waals surface area contributed by atoms with Gasteiger partial charge in [-0.15, -0.1) is 0 Å². The van der Waals surface area contributed by atoms with Gasteiger partial charge < -0.3 is 11.1 Å². The van der Waals surface area contributed by atoms with E-state index in [0.717, 1.165) is 6.42 Å². The van der Waals surface area contributed by atoms with Crippen LogP contribution in [0.5, 0.6) is 0 Å². The molecule has 0 spiro atoms. The number of carbonyl (C=O) groups excluding carboxylic acids is 1. The van der Waals surface area contributed by atoms with Gasteiger partial charge in [0.2, 0.25) is 5.91 Å². The van der Waals surface area contributed by atoms with Crippen molar-refractivity contribution in [2.24, 2.45) is 5.73 Å². The van der Waals surface area contributed by atoms with E-state index in [1.807, 2.05) is 13.8 Å². The van der Waals surface area contributed by atoms with Gasteiger partial charge in [0.15, 0.2) is 0 Å². The van der Waals surface area contributed by atoms with E-state index in [1.165, 1.54) is 6.07 Å². The molecule has 6 heteroatoms. The van der Waals surface area contributed by atoms with Gasteiger partial charge in [-0.3, -0.25) is 14.9 Å². The highest BCUT2D eigenvalue weighted by Gasteiger charge is 2.27. The Hall–Kier alpha value is -1.95. The molecule has 6 nitrogen and oxygen atoms in total. The van der Waals surface area contributed by atoms with Gasteiger partial charge >= 0.3 is 0 Å². The summed E-state index contributed by atoms with van der Waals surface area (Å²) in [5.74, 6) is -0.335. The lowest BCUT2D eigenvalue weighted by Gasteiger charge is -2.22. The highest BCUT2D eigenvalue weighted by Crippen LogP contribution is 2.24. The summed E-state index contributed by atoms with van der Waals surface area (Å²) in [6.07, 6.45) is 1.90. The first-order valence-electron chi connectivity index (χ1n) is 6.69. The summed E-state index contributed by atoms with van der Waals surface area (Å²) in [5, 5.41) is 13.6. The Balaban J connectivity index is 2.96. The van der Waals surface area contributed by atoms with Crippen LogP contribution in [0.2, 0.25) is 0 Å². The number of anilines is 1. The third-order valence-electron chi connectivity index (χ3n) is 3.21. The van der Waals surface area contributed by atoms with E-state index in [0.29, 0.717) is 24.1 Å². The molecule has 20 heavy (non-hydrogen) atoms. The van der Waals surface area contributed by atoms with E-state index in [9.17, 15) is 14.9 Å². The maximum Gasteiger partial charge on any atom is 0.274 e. The number of nitro benzene ring substituents is 1. The van der Waals surface area contributed by atoms with Gasteiger partial charge in [-0.05, 0) is 25.8 Å². The average molecular weight is 279 g/mol. The molecule has 0 saturated carbocycles. The second-order valence-electron chi connectivity index (χ2n) is 5.08. The number of amides is 1. The molecule has 1 aromatic carbocycles. The first-order valence-corrected chi connectivity index (χ1v) is 6.69. The van der Waals surface area contributed by atoms with Crippen LogP contribution in [0.3, 0.4) is 0 Å². The minimum absolute atomic E-state index is 0.0134. The van der Waals surface area contributed by atoms with Crippen LogP contribution in [0.15, 0.2) is 18.2 Å². The fourth-order valence-electron chi connectivity index (χ4n) is 2.02. The van der Waals surface area contributed by atoms with Gasteiger partial charge in [0.1, 0.15) is 0 Å². The molecule has 1 rings (SSSR count). The highest BCUT2D eigenvalue weighted by atomic mass is 16.6. The molecular weight excluding hydrogens is 258 g/mol. The summed E-state index contributed by atoms with van der Waals surface area (Å²) in [5.41, 5.74) is 5.99. The molecule has 0 aromatic heterocycles. The molecule has 0 fully saturated rings. The summed E-state index contributed by atoms with van der Waals surface area (Å²) in [6.45, 7) is 5.44. The number of nitrogens with two attached hydrogens (primary N) is 1. The molecule has 0 aliphatic heterocycles. The van der Waals surface area contributed by atoms with Crippen molar-refractivity contribution in [1.29, 1.82) is 0 Å². The Labute approximate surface area is 118 Å². The molecule has 1 amide bonds. The Bertz CT molecular complexity index is 512. The molecule has 0 radical (unpaired) electrons. The zero-order chi connectivity index (χ0) is 15.3. The second kappa shape index (κ2) is 6.47. The molecule has 0 aliphatic rings. The fraction of sp³-hybridized carbons (Fsp3) is 0.500. The van der Waals surface area contributed by atoms with Crippen molar-refractivity contribution >= 4 is 17.3 Å². The standard InChI is InChI=1S/C14H21N3O3/c1-4-8-14(3,15)13(18)16-11-7-6-10(5-2)12(9-11)17(19)20/h6-7,9H,4-5,8,15H2,1-3H3,(H,16,18). The normalized spacial score (nSPS) is 13.6. The van der Waals surface area contributed by atoms with Crippen LogP contribution >= 0.6 is 0 Å². The topological polar surface area (TPSA) is 98.3 Å². The fourth-order valence-corrected chi connectivity index (χ4v) is 2.02. The van der Waals surface area contributed by atoms with Gasteiger partial charge in [-0.1, -0.05) is 26.3 Å². The van der Waals surface area contributed by atoms with Crippen LogP contribution in [0.1, 0.15) is 39.2 Å². The van der Waals surface area contributed by atoms with Crippen LogP contribution in [0.4, 0.5) is 11.4 Å². The highest BCUT2D eigenvalue weighted by molar-refractivity contribution is 5.97. The van der Waals surface area contributed by atoms with E-state index in [1.54, 1.807) is 19.1 Å². The maximum atomic E-state index is 12.1. The SMILES string of the molecule is CCCC(C)(N)C(=O)Nc1ccc(CC)c([N+](=O)[O-])c1. The zero-order valence-electron chi connectivity index (χ0n) is 12.1. The van der Waals surface area contributed by atoms with Crippen LogP contribution in [-0.4, -0.2) is 16.4 Å². The van der Waals surface area contributed by atoms with Crippen LogP contribution in [-0.2, 0) is 11.2 Å². The van der Waals surface area contributed by atoms with Crippen molar-refractivity contribution in [3.05, 3.63) is 33.9 Å². The molecule has 110 valence electrons. The number of nitrogens with zero attached hydrogens (tertiary/aromatic N) is 1. The number of hydrogen-bond acceptors (Lipinski definition) is 4. The van der Waals surface area contributed by atoms with Crippen molar-refractivity contribution in [2.75, 3.05) is 5.32 Å². The van der Waals surface area contributed by atoms with E-state index in [4.69, 9.17) is 5.73 Å². The lowest BCUT2D eigenvalue weighted by Crippen LogP contribution is -2.48. The first-order chi connectivity index (χ1) is 9.31. The predicted molar refractivity (Wildman–Crippen MR) is 78.6 cm³/mol. The Morgan fingerprint density at radius 2 is 2.10 bits per heavy atom. The second-order valence-corrected chi connectivity index (χ2v) is 5.08. The Morgan fingerprint density at radius 3 is 2.60 bits per heavy atom. The number of rotatable bonds is 6. The summed E-state index contributed by atoms with van der Waals surface area (Å²) in [7, 11) is 0. The summed E-state index contributed by atoms with van der Waals surface area (Å²) in [6, 6.07) is 4.69. The van der Waals surface area contributed by atoms with Crippen LogP contribution in [0, 0.1) is 10.1 Å². The smallest absolute Gasteiger partial charge is 0.274 e. The molecule has 0 aliphatic carbocycles. The first kappa shape index (κ1) is 16.1. The number of carbonyl (C=O) groups is 1. The van der Waals surface area contributed by atoms with Gasteiger partial charge in [0.05, 0.1) is 10.5 Å². The molecule has 1 aromatic rings. The predicted octanol–water partition coefficient (Wildman–Crippen LogP) is 2.61. The largest absolute Gasteiger partial charge is 0.324 e. The molecule has 3 N–H and O–H groups in total. The third kappa shape index (κ3) is 3.77. The van der Waals surface area contributed by atoms with Gasteiger partial charge in [0, 0.05) is 17.3 Å². The number of hydrogen-bond donors (Lipinski definition) is 2. The van der Waals surface area contributed by atoms with Gasteiger partial charge in [-0.2, -0.15) is 0 Å². The molecule has 1 atom stereocenters. The number of nitrogens with one attached hydrogen (secondary N) is 1. The van der Waals surface area contributed by atoms with E-state index in [-0.39, 0.29) is 11.6 Å². The minimum atomic E-state index is -0.979. The maximum absolute atomic E-state index is 12.1. The number of nitro groups is 1. The monoisotopic (exact) mass is 279 g/mol. The van der Waals surface area contributed by atoms with Crippen molar-refractivity contribution < 1.29 is 9.72 Å². The van der Waals surface area contributed by atoms with Gasteiger partial charge in [-0.25, -0.2) is 0 Å². The van der Waals surface area contributed by atoms with E-state index >= 15 is 0 Å². The lowest BCUT2D eigenvalue weighted by atomic mass is 9.96. The van der Waals surface area contributed by atoms with Crippen molar-refractivity contribution in [3.8, 4) is 0 Å². The number of benzene rings is 1. The molecule has 0 heterocycles. The minimum Gasteiger partial charge on any atom is -0.324 e. The Morgan fingerprint density at radius 1 is 1.45 bits per heavy atom. The summed E-state index contributed by atoms with van der Waals surface area (Å²) >= 11 is 0. The van der Waals surface area contributed by atoms with Crippen molar-refractivity contribution in [1.82, 2.24) is 0 Å². The molecule has 0 bridgehead atoms. The van der Waals surface area contributed by atoms with E-state index in [2.05, 4.69) is 5.32 Å². The zero-order valence-corrected chi connectivity index (χ0v) is 12.1. The quantitative estimate of drug-likeness (QED) is 0.617. The van der Waals surface area contributed by atoms with Crippen molar-refractivity contribution in [3.63, 3.8) is 0 Å². The summed E-state index contributed by atoms with van der Waals surface area (Å²) in [4.78, 5) is 22.6. The average Bonchev–Trinajstić information content (AvgIpc) is 2.38.